The summed E-state index contributed by atoms with van der Waals surface area (Å²) in [6.07, 6.45) is -0.709. The molecule has 0 bridgehead atoms. The zero-order chi connectivity index (χ0) is 22.3. The van der Waals surface area contributed by atoms with E-state index in [1.807, 2.05) is 31.2 Å². The van der Waals surface area contributed by atoms with Gasteiger partial charge in [0.15, 0.2) is 0 Å². The maximum atomic E-state index is 12.9. The van der Waals surface area contributed by atoms with Gasteiger partial charge in [-0.25, -0.2) is 18.4 Å². The van der Waals surface area contributed by atoms with E-state index in [9.17, 15) is 18.3 Å². The van der Waals surface area contributed by atoms with Gasteiger partial charge in [-0.1, -0.05) is 30.3 Å². The van der Waals surface area contributed by atoms with Crippen molar-refractivity contribution >= 4 is 16.1 Å². The van der Waals surface area contributed by atoms with E-state index in [-0.39, 0.29) is 30.1 Å². The number of aliphatic hydroxyl groups excluding tert-OH is 1. The van der Waals surface area contributed by atoms with Crippen LogP contribution < -0.4 is 15.2 Å². The average molecular weight is 436 g/mol. The monoisotopic (exact) mass is 435 g/mol. The number of nitrogens with one attached hydrogen (secondary N) is 1. The van der Waals surface area contributed by atoms with Crippen molar-refractivity contribution in [1.82, 2.24) is 10.2 Å². The fraction of sp³-hybridized carbons (Fsp3) is 0.381. The molecule has 0 aromatic heterocycles. The van der Waals surface area contributed by atoms with Crippen LogP contribution in [0, 0.1) is 0 Å². The number of ether oxygens (including phenoxy) is 1. The van der Waals surface area contributed by atoms with Crippen LogP contribution in [0.15, 0.2) is 53.4 Å². The summed E-state index contributed by atoms with van der Waals surface area (Å²) >= 11 is 0. The number of hydrogen-bond acceptors (Lipinski definition) is 5. The molecule has 0 heterocycles. The van der Waals surface area contributed by atoms with Crippen molar-refractivity contribution < 1.29 is 23.1 Å². The Morgan fingerprint density at radius 3 is 2.37 bits per heavy atom. The van der Waals surface area contributed by atoms with Gasteiger partial charge in [-0.05, 0) is 44.5 Å². The predicted molar refractivity (Wildman–Crippen MR) is 114 cm³/mol. The standard InChI is InChI=1S/C21H29N3O5S/c1-4-29-20-8-6-5-7-18(20)14-24(13-15(2)25)21(26)23-16(3)17-9-11-19(12-10-17)30(22,27)28/h5-12,15-16,25H,4,13-14H2,1-3H3,(H,23,26)(H2,22,27,28). The van der Waals surface area contributed by atoms with E-state index in [0.29, 0.717) is 12.4 Å². The second-order valence-electron chi connectivity index (χ2n) is 7.06. The molecule has 2 amide bonds. The minimum Gasteiger partial charge on any atom is -0.494 e. The number of nitrogens with two attached hydrogens (primary N) is 1. The number of rotatable bonds is 9. The third kappa shape index (κ3) is 6.72. The number of sulfonamides is 1. The molecule has 4 N–H and O–H groups in total. The van der Waals surface area contributed by atoms with Crippen molar-refractivity contribution in [2.45, 2.75) is 44.4 Å². The van der Waals surface area contributed by atoms with Gasteiger partial charge in [0.05, 0.1) is 30.2 Å². The molecular weight excluding hydrogens is 406 g/mol. The molecule has 2 rings (SSSR count). The van der Waals surface area contributed by atoms with E-state index in [0.717, 1.165) is 11.1 Å². The Labute approximate surface area is 177 Å². The van der Waals surface area contributed by atoms with Gasteiger partial charge in [0.25, 0.3) is 0 Å². The SMILES string of the molecule is CCOc1ccccc1CN(CC(C)O)C(=O)NC(C)c1ccc(S(N)(=O)=O)cc1. The highest BCUT2D eigenvalue weighted by molar-refractivity contribution is 7.89. The van der Waals surface area contributed by atoms with E-state index in [2.05, 4.69) is 5.32 Å². The van der Waals surface area contributed by atoms with Gasteiger partial charge < -0.3 is 20.1 Å². The number of nitrogens with zero attached hydrogens (tertiary/aromatic N) is 1. The summed E-state index contributed by atoms with van der Waals surface area (Å²) in [6, 6.07) is 12.7. The summed E-state index contributed by atoms with van der Waals surface area (Å²) in [6.45, 7) is 6.21. The smallest absolute Gasteiger partial charge is 0.318 e. The lowest BCUT2D eigenvalue weighted by molar-refractivity contribution is 0.127. The maximum Gasteiger partial charge on any atom is 0.318 e. The number of para-hydroxylation sites is 1. The second kappa shape index (κ2) is 10.4. The minimum atomic E-state index is -3.77. The topological polar surface area (TPSA) is 122 Å². The van der Waals surface area contributed by atoms with Crippen LogP contribution in [-0.2, 0) is 16.6 Å². The summed E-state index contributed by atoms with van der Waals surface area (Å²) in [5, 5.41) is 17.9. The number of carbonyl (C=O) groups is 1. The first-order chi connectivity index (χ1) is 14.1. The molecule has 8 nitrogen and oxygen atoms in total. The Balaban J connectivity index is 2.15. The van der Waals surface area contributed by atoms with Crippen molar-refractivity contribution in [3.63, 3.8) is 0 Å². The molecule has 2 unspecified atom stereocenters. The molecular formula is C21H29N3O5S. The second-order valence-corrected chi connectivity index (χ2v) is 8.62. The molecule has 2 atom stereocenters. The number of aliphatic hydroxyl groups is 1. The molecule has 0 saturated heterocycles. The van der Waals surface area contributed by atoms with Crippen LogP contribution in [0.3, 0.4) is 0 Å². The summed E-state index contributed by atoms with van der Waals surface area (Å²) in [5.74, 6) is 0.690. The highest BCUT2D eigenvalue weighted by Crippen LogP contribution is 2.21. The highest BCUT2D eigenvalue weighted by atomic mass is 32.2. The average Bonchev–Trinajstić information content (AvgIpc) is 2.68. The molecule has 0 spiro atoms. The zero-order valence-electron chi connectivity index (χ0n) is 17.4. The normalized spacial score (nSPS) is 13.4. The van der Waals surface area contributed by atoms with Crippen LogP contribution in [0.5, 0.6) is 5.75 Å². The lowest BCUT2D eigenvalue weighted by Gasteiger charge is -2.27. The Morgan fingerprint density at radius 1 is 1.17 bits per heavy atom. The van der Waals surface area contributed by atoms with E-state index < -0.39 is 16.1 Å². The first-order valence-corrected chi connectivity index (χ1v) is 11.2. The molecule has 0 aliphatic carbocycles. The van der Waals surface area contributed by atoms with E-state index >= 15 is 0 Å². The lowest BCUT2D eigenvalue weighted by atomic mass is 10.1. The number of amides is 2. The van der Waals surface area contributed by atoms with Gasteiger partial charge in [0, 0.05) is 12.1 Å². The molecule has 0 fully saturated rings. The molecule has 164 valence electrons. The number of hydrogen-bond donors (Lipinski definition) is 3. The van der Waals surface area contributed by atoms with Crippen LogP contribution in [0.4, 0.5) is 4.79 Å². The first-order valence-electron chi connectivity index (χ1n) is 9.68. The van der Waals surface area contributed by atoms with Gasteiger partial charge in [0.2, 0.25) is 10.0 Å². The first kappa shape index (κ1) is 23.7. The lowest BCUT2D eigenvalue weighted by Crippen LogP contribution is -2.43. The van der Waals surface area contributed by atoms with Crippen molar-refractivity contribution in [3.8, 4) is 5.75 Å². The summed E-state index contributed by atoms with van der Waals surface area (Å²) in [7, 11) is -3.77. The predicted octanol–water partition coefficient (Wildman–Crippen LogP) is 2.39. The van der Waals surface area contributed by atoms with Crippen LogP contribution in [0.2, 0.25) is 0 Å². The van der Waals surface area contributed by atoms with Crippen LogP contribution >= 0.6 is 0 Å². The molecule has 2 aromatic carbocycles. The van der Waals surface area contributed by atoms with E-state index in [4.69, 9.17) is 9.88 Å². The number of urea groups is 1. The van der Waals surface area contributed by atoms with E-state index in [1.165, 1.54) is 17.0 Å². The number of primary sulfonamides is 1. The minimum absolute atomic E-state index is 0.00744. The zero-order valence-corrected chi connectivity index (χ0v) is 18.2. The van der Waals surface area contributed by atoms with Gasteiger partial charge >= 0.3 is 6.03 Å². The quantitative estimate of drug-likeness (QED) is 0.558. The highest BCUT2D eigenvalue weighted by Gasteiger charge is 2.20. The largest absolute Gasteiger partial charge is 0.494 e. The van der Waals surface area contributed by atoms with Crippen molar-refractivity contribution in [3.05, 3.63) is 59.7 Å². The fourth-order valence-corrected chi connectivity index (χ4v) is 3.50. The molecule has 30 heavy (non-hydrogen) atoms. The Bertz CT molecular complexity index is 945. The third-order valence-corrected chi connectivity index (χ3v) is 5.38. The molecule has 2 aromatic rings. The summed E-state index contributed by atoms with van der Waals surface area (Å²) in [4.78, 5) is 14.4. The fourth-order valence-electron chi connectivity index (χ4n) is 2.98. The van der Waals surface area contributed by atoms with Crippen LogP contribution in [0.25, 0.3) is 0 Å². The molecule has 0 saturated carbocycles. The molecule has 0 aliphatic rings. The maximum absolute atomic E-state index is 12.9. The Morgan fingerprint density at radius 2 is 1.80 bits per heavy atom. The Hall–Kier alpha value is -2.62. The number of benzene rings is 2. The van der Waals surface area contributed by atoms with Gasteiger partial charge in [-0.3, -0.25) is 0 Å². The van der Waals surface area contributed by atoms with E-state index in [1.54, 1.807) is 26.0 Å². The third-order valence-electron chi connectivity index (χ3n) is 4.45. The summed E-state index contributed by atoms with van der Waals surface area (Å²) in [5.41, 5.74) is 1.56. The van der Waals surface area contributed by atoms with Gasteiger partial charge in [0.1, 0.15) is 5.75 Å². The van der Waals surface area contributed by atoms with Crippen LogP contribution in [0.1, 0.15) is 37.9 Å². The van der Waals surface area contributed by atoms with Gasteiger partial charge in [-0.15, -0.1) is 0 Å². The Kier molecular flexibility index (Phi) is 8.22. The number of carbonyl (C=O) groups excluding carboxylic acids is 1. The van der Waals surface area contributed by atoms with Crippen molar-refractivity contribution in [1.29, 1.82) is 0 Å². The molecule has 0 radical (unpaired) electrons. The molecule has 0 aliphatic heterocycles. The summed E-state index contributed by atoms with van der Waals surface area (Å²) < 4.78 is 28.4. The van der Waals surface area contributed by atoms with Crippen molar-refractivity contribution in [2.75, 3.05) is 13.2 Å². The molecule has 9 heteroatoms. The van der Waals surface area contributed by atoms with Crippen LogP contribution in [-0.4, -0.2) is 43.7 Å². The van der Waals surface area contributed by atoms with Gasteiger partial charge in [-0.2, -0.15) is 0 Å². The van der Waals surface area contributed by atoms with Crippen molar-refractivity contribution in [2.24, 2.45) is 5.14 Å².